The lowest BCUT2D eigenvalue weighted by Crippen LogP contribution is -2.40. The van der Waals surface area contributed by atoms with Gasteiger partial charge in [0.1, 0.15) is 11.5 Å². The average Bonchev–Trinajstić information content (AvgIpc) is 3.55. The molecule has 0 radical (unpaired) electrons. The molecule has 0 fully saturated rings. The Labute approximate surface area is 241 Å². The number of ether oxygens (including phenoxy) is 2. The summed E-state index contributed by atoms with van der Waals surface area (Å²) in [6.45, 7) is 0.673. The summed E-state index contributed by atoms with van der Waals surface area (Å²) in [5.74, 6) is -0.537. The molecule has 1 unspecified atom stereocenters. The van der Waals surface area contributed by atoms with Gasteiger partial charge in [0.15, 0.2) is 6.10 Å². The van der Waals surface area contributed by atoms with Crippen molar-refractivity contribution in [2.75, 3.05) is 23.4 Å². The number of aromatic amines is 1. The van der Waals surface area contributed by atoms with Crippen LogP contribution in [0.3, 0.4) is 0 Å². The normalized spacial score (nSPS) is 14.0. The van der Waals surface area contributed by atoms with Crippen molar-refractivity contribution in [1.82, 2.24) is 20.6 Å². The van der Waals surface area contributed by atoms with Crippen molar-refractivity contribution >= 4 is 29.2 Å². The number of fused-ring (bicyclic) bond motifs is 1. The van der Waals surface area contributed by atoms with E-state index >= 15 is 0 Å². The number of anilines is 2. The van der Waals surface area contributed by atoms with E-state index in [0.29, 0.717) is 35.0 Å². The van der Waals surface area contributed by atoms with Crippen LogP contribution in [0, 0.1) is 0 Å². The zero-order valence-electron chi connectivity index (χ0n) is 22.7. The number of carboxylic acids is 1. The molecule has 3 aromatic carbocycles. The lowest BCUT2D eigenvalue weighted by atomic mass is 10.1. The summed E-state index contributed by atoms with van der Waals surface area (Å²) in [5, 5.41) is 25.7. The van der Waals surface area contributed by atoms with Crippen LogP contribution in [0.2, 0.25) is 0 Å². The number of nitrogens with zero attached hydrogens (tertiary/aromatic N) is 4. The molecule has 216 valence electrons. The predicted molar refractivity (Wildman–Crippen MR) is 152 cm³/mol. The fourth-order valence-corrected chi connectivity index (χ4v) is 4.56. The first-order chi connectivity index (χ1) is 20.5. The Kier molecular flexibility index (Phi) is 9.02. The number of H-pyrrole nitrogens is 1. The smallest absolute Gasteiger partial charge is 0.303 e. The zero-order valence-corrected chi connectivity index (χ0v) is 22.7. The van der Waals surface area contributed by atoms with Crippen LogP contribution in [0.1, 0.15) is 53.5 Å². The first-order valence-corrected chi connectivity index (χ1v) is 13.6. The van der Waals surface area contributed by atoms with Crippen LogP contribution in [-0.4, -0.2) is 56.7 Å². The van der Waals surface area contributed by atoms with E-state index in [2.05, 4.69) is 38.1 Å². The van der Waals surface area contributed by atoms with E-state index in [1.54, 1.807) is 42.5 Å². The number of amides is 2. The Morgan fingerprint density at radius 2 is 1.83 bits per heavy atom. The number of benzene rings is 3. The number of carbonyl (C=O) groups excluding carboxylic acids is 2. The predicted octanol–water partition coefficient (Wildman–Crippen LogP) is 4.19. The van der Waals surface area contributed by atoms with Gasteiger partial charge < -0.3 is 24.8 Å². The van der Waals surface area contributed by atoms with Gasteiger partial charge in [-0.2, -0.15) is 5.21 Å². The minimum absolute atomic E-state index is 0.0815. The number of hydrogen-bond donors (Lipinski definition) is 3. The zero-order chi connectivity index (χ0) is 29.3. The largest absolute Gasteiger partial charge is 0.494 e. The lowest BCUT2D eigenvalue weighted by molar-refractivity contribution is -0.138. The highest BCUT2D eigenvalue weighted by atomic mass is 16.5. The third-order valence-corrected chi connectivity index (χ3v) is 6.72. The molecular formula is C30H30N6O6. The van der Waals surface area contributed by atoms with E-state index < -0.39 is 12.1 Å². The second-order valence-corrected chi connectivity index (χ2v) is 9.73. The molecular weight excluding hydrogens is 540 g/mol. The van der Waals surface area contributed by atoms with Gasteiger partial charge in [-0.3, -0.25) is 14.4 Å². The van der Waals surface area contributed by atoms with Gasteiger partial charge in [-0.25, -0.2) is 0 Å². The van der Waals surface area contributed by atoms with Crippen molar-refractivity contribution in [3.63, 3.8) is 0 Å². The van der Waals surface area contributed by atoms with Gasteiger partial charge >= 0.3 is 5.97 Å². The van der Waals surface area contributed by atoms with Crippen molar-refractivity contribution in [2.24, 2.45) is 0 Å². The van der Waals surface area contributed by atoms with E-state index in [9.17, 15) is 14.4 Å². The van der Waals surface area contributed by atoms with Crippen molar-refractivity contribution in [3.8, 4) is 11.5 Å². The SMILES string of the molecule is O=C(O)CCC(=O)N1CC(c2nn[nH]n2)Oc2cc(NC(=O)c3ccc(OCCCCc4ccccc4)cc3)ccc21. The van der Waals surface area contributed by atoms with E-state index in [-0.39, 0.29) is 37.0 Å². The average molecular weight is 571 g/mol. The van der Waals surface area contributed by atoms with Crippen molar-refractivity contribution in [2.45, 2.75) is 38.2 Å². The molecule has 12 nitrogen and oxygen atoms in total. The number of aromatic nitrogens is 4. The minimum Gasteiger partial charge on any atom is -0.494 e. The molecule has 4 aromatic rings. The molecule has 0 spiro atoms. The highest BCUT2D eigenvalue weighted by Crippen LogP contribution is 2.39. The number of aliphatic carboxylic acids is 1. The Hall–Kier alpha value is -5.26. The summed E-state index contributed by atoms with van der Waals surface area (Å²) in [7, 11) is 0. The minimum atomic E-state index is -1.07. The van der Waals surface area contributed by atoms with Crippen LogP contribution < -0.4 is 19.7 Å². The topological polar surface area (TPSA) is 160 Å². The standard InChI is InChI=1S/C30H30N6O6/c37-27(15-16-28(38)39)36-19-26(29-32-34-35-33-29)42-25-18-22(11-14-24(25)36)31-30(40)21-9-12-23(13-10-21)41-17-5-4-8-20-6-2-1-3-7-20/h1-3,6-7,9-14,18,26H,4-5,8,15-17,19H2,(H,31,40)(H,38,39)(H,32,33,34,35). The van der Waals surface area contributed by atoms with Gasteiger partial charge in [0.05, 0.1) is 25.3 Å². The molecule has 1 aliphatic heterocycles. The lowest BCUT2D eigenvalue weighted by Gasteiger charge is -2.34. The summed E-state index contributed by atoms with van der Waals surface area (Å²) in [4.78, 5) is 38.3. The van der Waals surface area contributed by atoms with Gasteiger partial charge in [0.2, 0.25) is 11.7 Å². The van der Waals surface area contributed by atoms with Crippen LogP contribution in [0.25, 0.3) is 0 Å². The van der Waals surface area contributed by atoms with Crippen LogP contribution in [-0.2, 0) is 16.0 Å². The molecule has 2 amide bonds. The Balaban J connectivity index is 1.19. The third kappa shape index (κ3) is 7.27. The van der Waals surface area contributed by atoms with Crippen molar-refractivity contribution in [3.05, 3.63) is 89.7 Å². The van der Waals surface area contributed by atoms with Crippen LogP contribution in [0.4, 0.5) is 11.4 Å². The van der Waals surface area contributed by atoms with Crippen molar-refractivity contribution < 1.29 is 29.0 Å². The van der Waals surface area contributed by atoms with Gasteiger partial charge in [0, 0.05) is 23.7 Å². The summed E-state index contributed by atoms with van der Waals surface area (Å²) < 4.78 is 11.9. The Morgan fingerprint density at radius 3 is 2.57 bits per heavy atom. The number of rotatable bonds is 12. The van der Waals surface area contributed by atoms with E-state index in [1.807, 2.05) is 18.2 Å². The maximum atomic E-state index is 13.0. The second kappa shape index (κ2) is 13.4. The quantitative estimate of drug-likeness (QED) is 0.212. The number of aryl methyl sites for hydroxylation is 1. The molecule has 1 atom stereocenters. The highest BCUT2D eigenvalue weighted by molar-refractivity contribution is 6.05. The van der Waals surface area contributed by atoms with E-state index in [0.717, 1.165) is 19.3 Å². The maximum absolute atomic E-state index is 13.0. The summed E-state index contributed by atoms with van der Waals surface area (Å²) in [6.07, 6.45) is 1.74. The molecule has 0 aliphatic carbocycles. The molecule has 0 bridgehead atoms. The first-order valence-electron chi connectivity index (χ1n) is 13.6. The van der Waals surface area contributed by atoms with E-state index in [1.165, 1.54) is 10.5 Å². The van der Waals surface area contributed by atoms with E-state index in [4.69, 9.17) is 14.6 Å². The number of nitrogens with one attached hydrogen (secondary N) is 2. The molecule has 2 heterocycles. The third-order valence-electron chi connectivity index (χ3n) is 6.72. The number of carboxylic acid groups (broad SMARTS) is 1. The molecule has 0 saturated heterocycles. The fraction of sp³-hybridized carbons (Fsp3) is 0.267. The molecule has 12 heteroatoms. The molecule has 0 saturated carbocycles. The Bertz CT molecular complexity index is 1510. The van der Waals surface area contributed by atoms with Gasteiger partial charge in [0.25, 0.3) is 5.91 Å². The summed E-state index contributed by atoms with van der Waals surface area (Å²) in [6, 6.07) is 22.1. The van der Waals surface area contributed by atoms with Crippen molar-refractivity contribution in [1.29, 1.82) is 0 Å². The number of unbranched alkanes of at least 4 members (excludes halogenated alkanes) is 1. The van der Waals surface area contributed by atoms with Gasteiger partial charge in [-0.05, 0) is 61.2 Å². The number of hydrogen-bond acceptors (Lipinski definition) is 8. The molecule has 1 aliphatic rings. The second-order valence-electron chi connectivity index (χ2n) is 9.73. The highest BCUT2D eigenvalue weighted by Gasteiger charge is 2.33. The van der Waals surface area contributed by atoms with Crippen LogP contribution >= 0.6 is 0 Å². The summed E-state index contributed by atoms with van der Waals surface area (Å²) >= 11 is 0. The monoisotopic (exact) mass is 570 g/mol. The summed E-state index contributed by atoms with van der Waals surface area (Å²) in [5.41, 5.74) is 2.66. The Morgan fingerprint density at radius 1 is 1.02 bits per heavy atom. The van der Waals surface area contributed by atoms with Crippen LogP contribution in [0.15, 0.2) is 72.8 Å². The maximum Gasteiger partial charge on any atom is 0.303 e. The number of tetrazole rings is 1. The number of carbonyl (C=O) groups is 3. The van der Waals surface area contributed by atoms with Gasteiger partial charge in [-0.1, -0.05) is 35.5 Å². The van der Waals surface area contributed by atoms with Gasteiger partial charge in [-0.15, -0.1) is 10.2 Å². The molecule has 3 N–H and O–H groups in total. The first kappa shape index (κ1) is 28.3. The molecule has 42 heavy (non-hydrogen) atoms. The molecule has 1 aromatic heterocycles. The fourth-order valence-electron chi connectivity index (χ4n) is 4.56. The van der Waals surface area contributed by atoms with Crippen LogP contribution in [0.5, 0.6) is 11.5 Å². The molecule has 5 rings (SSSR count).